The molecule has 0 amide bonds. The van der Waals surface area contributed by atoms with Crippen LogP contribution in [0.1, 0.15) is 32.3 Å². The highest BCUT2D eigenvalue weighted by atomic mass is 15.2. The molecule has 2 rings (SSSR count). The van der Waals surface area contributed by atoms with Crippen molar-refractivity contribution in [3.8, 4) is 0 Å². The molecule has 1 atom stereocenters. The first-order valence-electron chi connectivity index (χ1n) is 7.24. The van der Waals surface area contributed by atoms with Crippen LogP contribution in [0.5, 0.6) is 0 Å². The van der Waals surface area contributed by atoms with Crippen LogP contribution in [0.3, 0.4) is 0 Å². The van der Waals surface area contributed by atoms with E-state index in [2.05, 4.69) is 54.4 Å². The predicted octanol–water partition coefficient (Wildman–Crippen LogP) is 2.90. The highest BCUT2D eigenvalue weighted by Gasteiger charge is 2.21. The van der Waals surface area contributed by atoms with E-state index in [1.165, 1.54) is 31.5 Å². The van der Waals surface area contributed by atoms with Gasteiger partial charge in [0.2, 0.25) is 0 Å². The fraction of sp³-hybridized carbons (Fsp3) is 0.625. The van der Waals surface area contributed by atoms with Crippen molar-refractivity contribution < 1.29 is 0 Å². The van der Waals surface area contributed by atoms with Gasteiger partial charge in [-0.2, -0.15) is 0 Å². The summed E-state index contributed by atoms with van der Waals surface area (Å²) in [4.78, 5) is 2.66. The van der Waals surface area contributed by atoms with Gasteiger partial charge >= 0.3 is 0 Å². The molecule has 1 heterocycles. The Morgan fingerprint density at radius 1 is 1.28 bits per heavy atom. The molecule has 0 bridgehead atoms. The van der Waals surface area contributed by atoms with Crippen LogP contribution in [-0.2, 0) is 6.54 Å². The second-order valence-corrected chi connectivity index (χ2v) is 5.80. The average molecular weight is 246 g/mol. The highest BCUT2D eigenvalue weighted by molar-refractivity contribution is 5.14. The predicted molar refractivity (Wildman–Crippen MR) is 77.6 cm³/mol. The third-order valence-corrected chi connectivity index (χ3v) is 3.67. The van der Waals surface area contributed by atoms with Crippen LogP contribution >= 0.6 is 0 Å². The quantitative estimate of drug-likeness (QED) is 0.879. The number of nitrogens with zero attached hydrogens (tertiary/aromatic N) is 1. The Balaban J connectivity index is 2.01. The van der Waals surface area contributed by atoms with Gasteiger partial charge in [-0.1, -0.05) is 44.2 Å². The molecule has 0 aromatic heterocycles. The average Bonchev–Trinajstić information content (AvgIpc) is 2.56. The van der Waals surface area contributed by atoms with Crippen LogP contribution in [0.2, 0.25) is 0 Å². The van der Waals surface area contributed by atoms with Crippen molar-refractivity contribution >= 4 is 0 Å². The molecule has 0 saturated carbocycles. The van der Waals surface area contributed by atoms with E-state index in [1.807, 2.05) is 0 Å². The van der Waals surface area contributed by atoms with Crippen LogP contribution in [0, 0.1) is 5.92 Å². The fourth-order valence-corrected chi connectivity index (χ4v) is 2.79. The molecule has 1 aliphatic heterocycles. The minimum atomic E-state index is 0.688. The van der Waals surface area contributed by atoms with Gasteiger partial charge < -0.3 is 5.32 Å². The van der Waals surface area contributed by atoms with Crippen LogP contribution in [-0.4, -0.2) is 30.6 Å². The van der Waals surface area contributed by atoms with Crippen molar-refractivity contribution in [3.05, 3.63) is 35.9 Å². The number of hydrogen-bond donors (Lipinski definition) is 1. The van der Waals surface area contributed by atoms with Gasteiger partial charge in [0.15, 0.2) is 0 Å². The molecule has 1 N–H and O–H groups in total. The van der Waals surface area contributed by atoms with Gasteiger partial charge in [0.25, 0.3) is 0 Å². The lowest BCUT2D eigenvalue weighted by molar-refractivity contribution is 0.177. The zero-order valence-electron chi connectivity index (χ0n) is 11.7. The van der Waals surface area contributed by atoms with Crippen molar-refractivity contribution in [1.82, 2.24) is 10.2 Å². The van der Waals surface area contributed by atoms with Crippen LogP contribution < -0.4 is 5.32 Å². The third kappa shape index (κ3) is 4.11. The van der Waals surface area contributed by atoms with Crippen LogP contribution in [0.4, 0.5) is 0 Å². The molecule has 18 heavy (non-hydrogen) atoms. The summed E-state index contributed by atoms with van der Waals surface area (Å²) in [5.74, 6) is 0.771. The van der Waals surface area contributed by atoms with Gasteiger partial charge in [-0.25, -0.2) is 0 Å². The van der Waals surface area contributed by atoms with E-state index in [4.69, 9.17) is 0 Å². The molecular formula is C16H26N2. The first-order chi connectivity index (χ1) is 8.75. The molecule has 1 aliphatic rings. The maximum atomic E-state index is 3.58. The standard InChI is InChI=1S/C16H26N2/c1-14(2)11-16-12-17-9-6-10-18(16)13-15-7-4-3-5-8-15/h3-5,7-8,14,16-17H,6,9-13H2,1-2H3. The number of rotatable bonds is 4. The van der Waals surface area contributed by atoms with Crippen molar-refractivity contribution in [1.29, 1.82) is 0 Å². The van der Waals surface area contributed by atoms with Gasteiger partial charge in [0.1, 0.15) is 0 Å². The SMILES string of the molecule is CC(C)CC1CNCCCN1Cc1ccccc1. The van der Waals surface area contributed by atoms with Crippen molar-refractivity contribution in [2.75, 3.05) is 19.6 Å². The molecular weight excluding hydrogens is 220 g/mol. The molecule has 1 unspecified atom stereocenters. The van der Waals surface area contributed by atoms with Gasteiger partial charge in [0.05, 0.1) is 0 Å². The van der Waals surface area contributed by atoms with Gasteiger partial charge in [-0.3, -0.25) is 4.90 Å². The molecule has 100 valence electrons. The minimum absolute atomic E-state index is 0.688. The number of hydrogen-bond acceptors (Lipinski definition) is 2. The van der Waals surface area contributed by atoms with Crippen molar-refractivity contribution in [2.45, 2.75) is 39.3 Å². The summed E-state index contributed by atoms with van der Waals surface area (Å²) >= 11 is 0. The van der Waals surface area contributed by atoms with E-state index in [9.17, 15) is 0 Å². The van der Waals surface area contributed by atoms with E-state index in [1.54, 1.807) is 0 Å². The van der Waals surface area contributed by atoms with E-state index in [-0.39, 0.29) is 0 Å². The van der Waals surface area contributed by atoms with E-state index >= 15 is 0 Å². The Morgan fingerprint density at radius 2 is 2.06 bits per heavy atom. The maximum Gasteiger partial charge on any atom is 0.0237 e. The summed E-state index contributed by atoms with van der Waals surface area (Å²) in [6.07, 6.45) is 2.56. The monoisotopic (exact) mass is 246 g/mol. The van der Waals surface area contributed by atoms with Gasteiger partial charge in [-0.15, -0.1) is 0 Å². The van der Waals surface area contributed by atoms with Crippen LogP contribution in [0.15, 0.2) is 30.3 Å². The minimum Gasteiger partial charge on any atom is -0.315 e. The molecule has 0 aliphatic carbocycles. The lowest BCUT2D eigenvalue weighted by Gasteiger charge is -2.31. The fourth-order valence-electron chi connectivity index (χ4n) is 2.79. The van der Waals surface area contributed by atoms with E-state index < -0.39 is 0 Å². The molecule has 1 aromatic rings. The molecule has 1 fully saturated rings. The Bertz CT molecular complexity index is 334. The molecule has 1 saturated heterocycles. The third-order valence-electron chi connectivity index (χ3n) is 3.67. The zero-order chi connectivity index (χ0) is 12.8. The number of nitrogens with one attached hydrogen (secondary N) is 1. The largest absolute Gasteiger partial charge is 0.315 e. The van der Waals surface area contributed by atoms with Crippen molar-refractivity contribution in [2.24, 2.45) is 5.92 Å². The lowest BCUT2D eigenvalue weighted by atomic mass is 10.0. The lowest BCUT2D eigenvalue weighted by Crippen LogP contribution is -2.40. The normalized spacial score (nSPS) is 22.1. The summed E-state index contributed by atoms with van der Waals surface area (Å²) in [6.45, 7) is 9.28. The first kappa shape index (κ1) is 13.6. The highest BCUT2D eigenvalue weighted by Crippen LogP contribution is 2.16. The molecule has 0 spiro atoms. The van der Waals surface area contributed by atoms with Crippen molar-refractivity contribution in [3.63, 3.8) is 0 Å². The molecule has 1 aromatic carbocycles. The molecule has 2 heteroatoms. The summed E-state index contributed by atoms with van der Waals surface area (Å²) in [6, 6.07) is 11.5. The summed E-state index contributed by atoms with van der Waals surface area (Å²) in [7, 11) is 0. The maximum absolute atomic E-state index is 3.58. The summed E-state index contributed by atoms with van der Waals surface area (Å²) in [5, 5.41) is 3.58. The number of benzene rings is 1. The summed E-state index contributed by atoms with van der Waals surface area (Å²) in [5.41, 5.74) is 1.44. The Labute approximate surface area is 111 Å². The van der Waals surface area contributed by atoms with Gasteiger partial charge in [-0.05, 0) is 30.9 Å². The van der Waals surface area contributed by atoms with Crippen LogP contribution in [0.25, 0.3) is 0 Å². The topological polar surface area (TPSA) is 15.3 Å². The smallest absolute Gasteiger partial charge is 0.0237 e. The Kier molecular flexibility index (Phi) is 5.21. The molecule has 0 radical (unpaired) electrons. The second kappa shape index (κ2) is 6.91. The van der Waals surface area contributed by atoms with E-state index in [0.717, 1.165) is 19.0 Å². The second-order valence-electron chi connectivity index (χ2n) is 5.80. The first-order valence-corrected chi connectivity index (χ1v) is 7.24. The zero-order valence-corrected chi connectivity index (χ0v) is 11.7. The van der Waals surface area contributed by atoms with E-state index in [0.29, 0.717) is 6.04 Å². The molecule has 2 nitrogen and oxygen atoms in total. The Morgan fingerprint density at radius 3 is 2.78 bits per heavy atom. The van der Waals surface area contributed by atoms with Gasteiger partial charge in [0, 0.05) is 25.7 Å². The Hall–Kier alpha value is -0.860. The summed E-state index contributed by atoms with van der Waals surface area (Å²) < 4.78 is 0.